The first kappa shape index (κ1) is 11.6. The Morgan fingerprint density at radius 2 is 2.31 bits per heavy atom. The molecule has 1 aliphatic heterocycles. The Kier molecular flexibility index (Phi) is 3.96. The summed E-state index contributed by atoms with van der Waals surface area (Å²) in [6, 6.07) is 0. The van der Waals surface area contributed by atoms with Crippen LogP contribution in [-0.4, -0.2) is 41.0 Å². The van der Waals surface area contributed by atoms with Crippen LogP contribution >= 0.6 is 11.6 Å². The van der Waals surface area contributed by atoms with Crippen molar-refractivity contribution in [2.75, 3.05) is 31.5 Å². The summed E-state index contributed by atoms with van der Waals surface area (Å²) in [5.74, 6) is 1.39. The van der Waals surface area contributed by atoms with Crippen LogP contribution in [0.3, 0.4) is 0 Å². The summed E-state index contributed by atoms with van der Waals surface area (Å²) in [5, 5.41) is 3.72. The van der Waals surface area contributed by atoms with Crippen molar-refractivity contribution >= 4 is 17.4 Å². The highest BCUT2D eigenvalue weighted by Gasteiger charge is 2.20. The SMILES string of the molecule is CCN1CCC(CNc2nccnc2Cl)C1. The number of rotatable bonds is 4. The number of anilines is 1. The number of aromatic nitrogens is 2. The molecule has 5 heteroatoms. The van der Waals surface area contributed by atoms with Crippen LogP contribution in [0.15, 0.2) is 12.4 Å². The van der Waals surface area contributed by atoms with Crippen LogP contribution in [0.25, 0.3) is 0 Å². The monoisotopic (exact) mass is 240 g/mol. The van der Waals surface area contributed by atoms with Crippen LogP contribution in [0.2, 0.25) is 5.15 Å². The Morgan fingerprint density at radius 1 is 1.50 bits per heavy atom. The molecule has 2 heterocycles. The van der Waals surface area contributed by atoms with E-state index in [0.717, 1.165) is 13.1 Å². The molecule has 1 atom stereocenters. The van der Waals surface area contributed by atoms with Gasteiger partial charge in [0.05, 0.1) is 0 Å². The second-order valence-electron chi connectivity index (χ2n) is 4.12. The molecule has 1 fully saturated rings. The summed E-state index contributed by atoms with van der Waals surface area (Å²) in [4.78, 5) is 10.6. The minimum Gasteiger partial charge on any atom is -0.367 e. The number of hydrogen-bond acceptors (Lipinski definition) is 4. The van der Waals surface area contributed by atoms with Crippen LogP contribution < -0.4 is 5.32 Å². The molecule has 16 heavy (non-hydrogen) atoms. The molecule has 0 radical (unpaired) electrons. The van der Waals surface area contributed by atoms with E-state index in [0.29, 0.717) is 16.9 Å². The molecule has 0 aromatic carbocycles. The van der Waals surface area contributed by atoms with Crippen LogP contribution in [0.5, 0.6) is 0 Å². The van der Waals surface area contributed by atoms with Gasteiger partial charge in [-0.3, -0.25) is 0 Å². The van der Waals surface area contributed by atoms with E-state index in [9.17, 15) is 0 Å². The third kappa shape index (κ3) is 2.83. The lowest BCUT2D eigenvalue weighted by Crippen LogP contribution is -2.22. The van der Waals surface area contributed by atoms with E-state index in [1.807, 2.05) is 0 Å². The van der Waals surface area contributed by atoms with Gasteiger partial charge in [0.25, 0.3) is 0 Å². The lowest BCUT2D eigenvalue weighted by molar-refractivity contribution is 0.345. The predicted molar refractivity (Wildman–Crippen MR) is 65.8 cm³/mol. The normalized spacial score (nSPS) is 21.2. The average Bonchev–Trinajstić information content (AvgIpc) is 2.76. The van der Waals surface area contributed by atoms with Gasteiger partial charge in [0.1, 0.15) is 0 Å². The third-order valence-corrected chi connectivity index (χ3v) is 3.31. The lowest BCUT2D eigenvalue weighted by atomic mass is 10.1. The van der Waals surface area contributed by atoms with Gasteiger partial charge in [0, 0.05) is 25.5 Å². The van der Waals surface area contributed by atoms with E-state index in [1.165, 1.54) is 19.5 Å². The van der Waals surface area contributed by atoms with Crippen LogP contribution in [0, 0.1) is 5.92 Å². The van der Waals surface area contributed by atoms with Crippen LogP contribution in [0.4, 0.5) is 5.82 Å². The summed E-state index contributed by atoms with van der Waals surface area (Å²) in [5.41, 5.74) is 0. The van der Waals surface area contributed by atoms with Crippen LogP contribution in [0.1, 0.15) is 13.3 Å². The molecule has 1 aliphatic rings. The third-order valence-electron chi connectivity index (χ3n) is 3.03. The highest BCUT2D eigenvalue weighted by atomic mass is 35.5. The molecule has 1 saturated heterocycles. The maximum absolute atomic E-state index is 5.92. The molecule has 0 spiro atoms. The van der Waals surface area contributed by atoms with Crippen LogP contribution in [-0.2, 0) is 0 Å². The Balaban J connectivity index is 1.82. The molecule has 0 saturated carbocycles. The fraction of sp³-hybridized carbons (Fsp3) is 0.636. The number of hydrogen-bond donors (Lipinski definition) is 1. The zero-order valence-electron chi connectivity index (χ0n) is 9.49. The van der Waals surface area contributed by atoms with Gasteiger partial charge in [-0.05, 0) is 25.4 Å². The molecule has 0 bridgehead atoms. The van der Waals surface area contributed by atoms with Crippen molar-refractivity contribution in [1.82, 2.24) is 14.9 Å². The second kappa shape index (κ2) is 5.46. The highest BCUT2D eigenvalue weighted by molar-refractivity contribution is 6.31. The molecule has 0 aliphatic carbocycles. The maximum atomic E-state index is 5.92. The number of likely N-dealkylation sites (tertiary alicyclic amines) is 1. The molecule has 0 amide bonds. The molecule has 2 rings (SSSR count). The predicted octanol–water partition coefficient (Wildman–Crippen LogP) is 1.88. The largest absolute Gasteiger partial charge is 0.367 e. The standard InChI is InChI=1S/C11H17ClN4/c1-2-16-6-3-9(8-16)7-15-11-10(12)13-4-5-14-11/h4-5,9H,2-3,6-8H2,1H3,(H,14,15). The fourth-order valence-electron chi connectivity index (χ4n) is 2.05. The smallest absolute Gasteiger partial charge is 0.171 e. The average molecular weight is 241 g/mol. The van der Waals surface area contributed by atoms with E-state index in [4.69, 9.17) is 11.6 Å². The number of halogens is 1. The second-order valence-corrected chi connectivity index (χ2v) is 4.48. The van der Waals surface area contributed by atoms with Crippen molar-refractivity contribution in [3.8, 4) is 0 Å². The maximum Gasteiger partial charge on any atom is 0.171 e. The fourth-order valence-corrected chi connectivity index (χ4v) is 2.22. The van der Waals surface area contributed by atoms with Crippen molar-refractivity contribution in [1.29, 1.82) is 0 Å². The Labute approximate surface area is 101 Å². The first-order valence-corrected chi connectivity index (χ1v) is 6.10. The first-order valence-electron chi connectivity index (χ1n) is 5.72. The van der Waals surface area contributed by atoms with Gasteiger partial charge in [-0.15, -0.1) is 0 Å². The molecular weight excluding hydrogens is 224 g/mol. The molecular formula is C11H17ClN4. The van der Waals surface area contributed by atoms with Crippen molar-refractivity contribution in [2.24, 2.45) is 5.92 Å². The van der Waals surface area contributed by atoms with Crippen molar-refractivity contribution < 1.29 is 0 Å². The minimum absolute atomic E-state index is 0.452. The Hall–Kier alpha value is -0.870. The van der Waals surface area contributed by atoms with Gasteiger partial charge >= 0.3 is 0 Å². The number of nitrogens with zero attached hydrogens (tertiary/aromatic N) is 3. The van der Waals surface area contributed by atoms with E-state index < -0.39 is 0 Å². The summed E-state index contributed by atoms with van der Waals surface area (Å²) < 4.78 is 0. The van der Waals surface area contributed by atoms with E-state index in [-0.39, 0.29) is 0 Å². The Morgan fingerprint density at radius 3 is 3.00 bits per heavy atom. The Bertz CT molecular complexity index is 345. The summed E-state index contributed by atoms with van der Waals surface area (Å²) in [7, 11) is 0. The van der Waals surface area contributed by atoms with Crippen molar-refractivity contribution in [3.05, 3.63) is 17.5 Å². The highest BCUT2D eigenvalue weighted by Crippen LogP contribution is 2.18. The quantitative estimate of drug-likeness (QED) is 0.873. The molecule has 1 aromatic rings. The lowest BCUT2D eigenvalue weighted by Gasteiger charge is -2.14. The van der Waals surface area contributed by atoms with Gasteiger partial charge in [0.15, 0.2) is 11.0 Å². The van der Waals surface area contributed by atoms with Crippen molar-refractivity contribution in [3.63, 3.8) is 0 Å². The molecule has 1 N–H and O–H groups in total. The molecule has 4 nitrogen and oxygen atoms in total. The van der Waals surface area contributed by atoms with E-state index in [1.54, 1.807) is 12.4 Å². The summed E-state index contributed by atoms with van der Waals surface area (Å²) in [6.45, 7) is 6.64. The molecule has 1 unspecified atom stereocenters. The number of nitrogens with one attached hydrogen (secondary N) is 1. The van der Waals surface area contributed by atoms with Gasteiger partial charge in [-0.2, -0.15) is 0 Å². The minimum atomic E-state index is 0.452. The zero-order valence-corrected chi connectivity index (χ0v) is 10.2. The van der Waals surface area contributed by atoms with Gasteiger partial charge in [-0.1, -0.05) is 18.5 Å². The molecule has 88 valence electrons. The topological polar surface area (TPSA) is 41.0 Å². The van der Waals surface area contributed by atoms with E-state index in [2.05, 4.69) is 27.1 Å². The van der Waals surface area contributed by atoms with Gasteiger partial charge < -0.3 is 10.2 Å². The summed E-state index contributed by atoms with van der Waals surface area (Å²) in [6.07, 6.45) is 4.50. The summed E-state index contributed by atoms with van der Waals surface area (Å²) >= 11 is 5.92. The molecule has 1 aromatic heterocycles. The van der Waals surface area contributed by atoms with Gasteiger partial charge in [-0.25, -0.2) is 9.97 Å². The van der Waals surface area contributed by atoms with Crippen molar-refractivity contribution in [2.45, 2.75) is 13.3 Å². The first-order chi connectivity index (χ1) is 7.79. The van der Waals surface area contributed by atoms with Gasteiger partial charge in [0.2, 0.25) is 0 Å². The zero-order chi connectivity index (χ0) is 11.4. The van der Waals surface area contributed by atoms with E-state index >= 15 is 0 Å².